The summed E-state index contributed by atoms with van der Waals surface area (Å²) in [5.41, 5.74) is 3.52. The number of aromatic nitrogens is 2. The highest BCUT2D eigenvalue weighted by atomic mass is 35.5. The Morgan fingerprint density at radius 1 is 1.18 bits per heavy atom. The molecule has 1 aliphatic heterocycles. The van der Waals surface area contributed by atoms with Gasteiger partial charge in [-0.25, -0.2) is 9.97 Å². The summed E-state index contributed by atoms with van der Waals surface area (Å²) in [6.07, 6.45) is 4.63. The number of carbonyl (C=O) groups excluding carboxylic acids is 1. The van der Waals surface area contributed by atoms with Crippen LogP contribution in [0.2, 0.25) is 5.02 Å². The summed E-state index contributed by atoms with van der Waals surface area (Å²) < 4.78 is 5.20. The third kappa shape index (κ3) is 5.70. The number of benzene rings is 1. The van der Waals surface area contributed by atoms with Crippen LogP contribution in [0.15, 0.2) is 30.6 Å². The van der Waals surface area contributed by atoms with Crippen LogP contribution in [-0.4, -0.2) is 85.7 Å². The largest absolute Gasteiger partial charge is 0.383 e. The van der Waals surface area contributed by atoms with E-state index >= 15 is 0 Å². The molecule has 1 aliphatic carbocycles. The number of carbonyl (C=O) groups is 1. The number of nitrogens with zero attached hydrogens (tertiary/aromatic N) is 5. The van der Waals surface area contributed by atoms with Crippen LogP contribution in [0.25, 0.3) is 0 Å². The number of likely N-dealkylation sites (N-methyl/N-ethyl adjacent to an activating group) is 1. The molecule has 0 N–H and O–H groups in total. The molecule has 1 aromatic carbocycles. The Kier molecular flexibility index (Phi) is 8.40. The molecule has 1 saturated heterocycles. The van der Waals surface area contributed by atoms with E-state index in [1.165, 1.54) is 11.3 Å². The fourth-order valence-corrected chi connectivity index (χ4v) is 5.20. The van der Waals surface area contributed by atoms with Crippen LogP contribution < -0.4 is 4.90 Å². The monoisotopic (exact) mass is 485 g/mol. The average Bonchev–Trinajstić information content (AvgIpc) is 3.25. The topological polar surface area (TPSA) is 61.8 Å². The van der Waals surface area contributed by atoms with Crippen LogP contribution >= 0.6 is 11.6 Å². The molecular formula is C26H36ClN5O2. The van der Waals surface area contributed by atoms with E-state index in [4.69, 9.17) is 16.3 Å². The molecule has 2 heterocycles. The van der Waals surface area contributed by atoms with Gasteiger partial charge in [-0.1, -0.05) is 30.7 Å². The number of piperazine rings is 1. The third-order valence-electron chi connectivity index (χ3n) is 7.19. The van der Waals surface area contributed by atoms with Gasteiger partial charge in [0.2, 0.25) is 5.91 Å². The normalized spacial score (nSPS) is 18.9. The summed E-state index contributed by atoms with van der Waals surface area (Å²) >= 11 is 6.12. The van der Waals surface area contributed by atoms with Crippen LogP contribution in [0, 0.1) is 0 Å². The molecule has 1 fully saturated rings. The van der Waals surface area contributed by atoms with Gasteiger partial charge in [0.15, 0.2) is 0 Å². The number of amides is 1. The van der Waals surface area contributed by atoms with Crippen molar-refractivity contribution in [3.05, 3.63) is 52.4 Å². The minimum Gasteiger partial charge on any atom is -0.383 e. The van der Waals surface area contributed by atoms with E-state index in [0.717, 1.165) is 56.8 Å². The van der Waals surface area contributed by atoms with Crippen molar-refractivity contribution in [1.82, 2.24) is 19.8 Å². The van der Waals surface area contributed by atoms with Crippen LogP contribution in [-0.2, 0) is 16.0 Å². The van der Waals surface area contributed by atoms with Gasteiger partial charge >= 0.3 is 0 Å². The highest BCUT2D eigenvalue weighted by molar-refractivity contribution is 6.30. The fourth-order valence-electron chi connectivity index (χ4n) is 5.07. The summed E-state index contributed by atoms with van der Waals surface area (Å²) in [6.45, 7) is 7.62. The van der Waals surface area contributed by atoms with E-state index < -0.39 is 0 Å². The van der Waals surface area contributed by atoms with Crippen molar-refractivity contribution in [2.75, 3.05) is 64.9 Å². The number of hydrogen-bond acceptors (Lipinski definition) is 6. The first kappa shape index (κ1) is 24.9. The number of halogens is 1. The third-order valence-corrected chi connectivity index (χ3v) is 7.44. The van der Waals surface area contributed by atoms with Gasteiger partial charge in [-0.15, -0.1) is 0 Å². The first-order chi connectivity index (χ1) is 16.5. The van der Waals surface area contributed by atoms with Crippen LogP contribution in [0.5, 0.6) is 0 Å². The first-order valence-electron chi connectivity index (χ1n) is 12.3. The first-order valence-corrected chi connectivity index (χ1v) is 12.7. The predicted molar refractivity (Wildman–Crippen MR) is 136 cm³/mol. The van der Waals surface area contributed by atoms with E-state index in [1.807, 2.05) is 29.2 Å². The SMILES string of the molecule is COCCN(C)CC[C@@H](C(=O)N1CCN(c2ncnc3c2C(C)CC3)CC1)c1ccc(Cl)cc1. The quantitative estimate of drug-likeness (QED) is 0.541. The molecule has 0 bridgehead atoms. The molecule has 4 rings (SSSR count). The number of aryl methyl sites for hydroxylation is 1. The summed E-state index contributed by atoms with van der Waals surface area (Å²) in [7, 11) is 3.78. The van der Waals surface area contributed by atoms with Crippen molar-refractivity contribution in [2.45, 2.75) is 38.0 Å². The molecule has 0 saturated carbocycles. The summed E-state index contributed by atoms with van der Waals surface area (Å²) in [4.78, 5) is 29.4. The number of fused-ring (bicyclic) bond motifs is 1. The van der Waals surface area contributed by atoms with Crippen molar-refractivity contribution in [3.8, 4) is 0 Å². The van der Waals surface area contributed by atoms with Gasteiger partial charge in [-0.3, -0.25) is 4.79 Å². The second kappa shape index (κ2) is 11.5. The van der Waals surface area contributed by atoms with Crippen molar-refractivity contribution < 1.29 is 9.53 Å². The molecule has 2 atom stereocenters. The molecule has 1 unspecified atom stereocenters. The lowest BCUT2D eigenvalue weighted by Crippen LogP contribution is -2.50. The van der Waals surface area contributed by atoms with Gasteiger partial charge in [0, 0.05) is 56.1 Å². The Labute approximate surface area is 208 Å². The smallest absolute Gasteiger partial charge is 0.230 e. The van der Waals surface area contributed by atoms with E-state index in [1.54, 1.807) is 13.4 Å². The zero-order valence-corrected chi connectivity index (χ0v) is 21.3. The molecule has 1 aromatic heterocycles. The second-order valence-electron chi connectivity index (χ2n) is 9.50. The fraction of sp³-hybridized carbons (Fsp3) is 0.577. The van der Waals surface area contributed by atoms with Crippen LogP contribution in [0.1, 0.15) is 48.4 Å². The summed E-state index contributed by atoms with van der Waals surface area (Å²) in [6, 6.07) is 7.73. The van der Waals surface area contributed by atoms with E-state index in [-0.39, 0.29) is 11.8 Å². The van der Waals surface area contributed by atoms with Crippen molar-refractivity contribution in [3.63, 3.8) is 0 Å². The zero-order chi connectivity index (χ0) is 24.1. The van der Waals surface area contributed by atoms with E-state index in [0.29, 0.717) is 30.6 Å². The van der Waals surface area contributed by atoms with Crippen LogP contribution in [0.4, 0.5) is 5.82 Å². The molecule has 1 amide bonds. The predicted octanol–water partition coefficient (Wildman–Crippen LogP) is 3.58. The Hall–Kier alpha value is -2.22. The van der Waals surface area contributed by atoms with Gasteiger partial charge in [0.05, 0.1) is 12.5 Å². The highest BCUT2D eigenvalue weighted by Gasteiger charge is 2.32. The van der Waals surface area contributed by atoms with E-state index in [2.05, 4.69) is 33.7 Å². The molecule has 2 aromatic rings. The number of rotatable bonds is 9. The van der Waals surface area contributed by atoms with Gasteiger partial charge in [-0.05, 0) is 56.5 Å². The number of methoxy groups -OCH3 is 1. The number of ether oxygens (including phenoxy) is 1. The van der Waals surface area contributed by atoms with Crippen molar-refractivity contribution in [2.24, 2.45) is 0 Å². The zero-order valence-electron chi connectivity index (χ0n) is 20.5. The van der Waals surface area contributed by atoms with Crippen molar-refractivity contribution in [1.29, 1.82) is 0 Å². The molecule has 0 radical (unpaired) electrons. The second-order valence-corrected chi connectivity index (χ2v) is 9.94. The molecular weight excluding hydrogens is 450 g/mol. The van der Waals surface area contributed by atoms with E-state index in [9.17, 15) is 4.79 Å². The standard InChI is InChI=1S/C26H36ClN5O2/c1-19-4-9-23-24(19)25(29-18-28-23)31-12-14-32(15-13-31)26(33)22(10-11-30(2)16-17-34-3)20-5-7-21(27)8-6-20/h5-8,18-19,22H,4,9-17H2,1-3H3/t19?,22-/m1/s1. The Morgan fingerprint density at radius 3 is 2.62 bits per heavy atom. The Morgan fingerprint density at radius 2 is 1.91 bits per heavy atom. The van der Waals surface area contributed by atoms with Gasteiger partial charge < -0.3 is 19.4 Å². The minimum absolute atomic E-state index is 0.183. The molecule has 8 heteroatoms. The lowest BCUT2D eigenvalue weighted by atomic mass is 9.93. The van der Waals surface area contributed by atoms with Gasteiger partial charge in [-0.2, -0.15) is 0 Å². The number of hydrogen-bond donors (Lipinski definition) is 0. The molecule has 7 nitrogen and oxygen atoms in total. The van der Waals surface area contributed by atoms with Crippen LogP contribution in [0.3, 0.4) is 0 Å². The van der Waals surface area contributed by atoms with Gasteiger partial charge in [0.1, 0.15) is 12.1 Å². The number of anilines is 1. The molecule has 184 valence electrons. The lowest BCUT2D eigenvalue weighted by Gasteiger charge is -2.38. The summed E-state index contributed by atoms with van der Waals surface area (Å²) in [5, 5.41) is 0.687. The highest BCUT2D eigenvalue weighted by Crippen LogP contribution is 2.37. The minimum atomic E-state index is -0.183. The maximum Gasteiger partial charge on any atom is 0.230 e. The van der Waals surface area contributed by atoms with Crippen molar-refractivity contribution >= 4 is 23.3 Å². The Bertz CT molecular complexity index is 962. The average molecular weight is 486 g/mol. The Balaban J connectivity index is 1.43. The summed E-state index contributed by atoms with van der Waals surface area (Å²) in [5.74, 6) is 1.58. The lowest BCUT2D eigenvalue weighted by molar-refractivity contribution is -0.133. The molecule has 34 heavy (non-hydrogen) atoms. The maximum absolute atomic E-state index is 13.7. The van der Waals surface area contributed by atoms with Gasteiger partial charge in [0.25, 0.3) is 0 Å². The maximum atomic E-state index is 13.7. The molecule has 0 spiro atoms. The molecule has 2 aliphatic rings.